The summed E-state index contributed by atoms with van der Waals surface area (Å²) in [5.41, 5.74) is 0.117. The highest BCUT2D eigenvalue weighted by Crippen LogP contribution is 2.38. The van der Waals surface area contributed by atoms with E-state index in [2.05, 4.69) is 15.3 Å². The molecule has 1 saturated carbocycles. The molecule has 1 heterocycles. The molecule has 0 radical (unpaired) electrons. The monoisotopic (exact) mass is 293 g/mol. The number of ether oxygens (including phenoxy) is 1. The number of nitrogens with one attached hydrogen (secondary N) is 1. The first-order chi connectivity index (χ1) is 10.1. The average molecular weight is 293 g/mol. The van der Waals surface area contributed by atoms with E-state index in [0.717, 1.165) is 25.0 Å². The summed E-state index contributed by atoms with van der Waals surface area (Å²) in [6, 6.07) is 1.78. The van der Waals surface area contributed by atoms with Crippen molar-refractivity contribution in [1.82, 2.24) is 9.97 Å². The molecular formula is C15H23N3O3. The predicted octanol–water partition coefficient (Wildman–Crippen LogP) is 2.63. The van der Waals surface area contributed by atoms with E-state index >= 15 is 0 Å². The zero-order valence-electron chi connectivity index (χ0n) is 12.7. The van der Waals surface area contributed by atoms with Gasteiger partial charge >= 0.3 is 5.97 Å². The number of carboxylic acids is 1. The zero-order chi connectivity index (χ0) is 15.3. The highest BCUT2D eigenvalue weighted by atomic mass is 16.5. The first-order valence-corrected chi connectivity index (χ1v) is 7.51. The maximum absolute atomic E-state index is 11.5. The first-order valence-electron chi connectivity index (χ1n) is 7.51. The molecular weight excluding hydrogens is 270 g/mol. The van der Waals surface area contributed by atoms with Crippen molar-refractivity contribution >= 4 is 11.9 Å². The standard InChI is InChI=1S/C15H23N3O3/c1-3-8-21-12-9-11(2)17-14(18-12)16-10-15(13(19)20)6-4-5-7-15/h9H,3-8,10H2,1-2H3,(H,19,20)(H,16,17,18). The summed E-state index contributed by atoms with van der Waals surface area (Å²) in [5.74, 6) is 0.235. The molecule has 2 N–H and O–H groups in total. The Morgan fingerprint density at radius 1 is 1.43 bits per heavy atom. The van der Waals surface area contributed by atoms with Crippen molar-refractivity contribution in [1.29, 1.82) is 0 Å². The summed E-state index contributed by atoms with van der Waals surface area (Å²) in [7, 11) is 0. The summed E-state index contributed by atoms with van der Waals surface area (Å²) in [4.78, 5) is 20.1. The lowest BCUT2D eigenvalue weighted by Crippen LogP contribution is -2.35. The second-order valence-electron chi connectivity index (χ2n) is 5.67. The largest absolute Gasteiger partial charge is 0.481 e. The topological polar surface area (TPSA) is 84.3 Å². The van der Waals surface area contributed by atoms with E-state index in [-0.39, 0.29) is 0 Å². The molecule has 0 amide bonds. The summed E-state index contributed by atoms with van der Waals surface area (Å²) in [6.07, 6.45) is 4.26. The fourth-order valence-electron chi connectivity index (χ4n) is 2.67. The van der Waals surface area contributed by atoms with Crippen LogP contribution in [0.25, 0.3) is 0 Å². The summed E-state index contributed by atoms with van der Waals surface area (Å²) in [5, 5.41) is 12.5. The minimum atomic E-state index is -0.734. The SMILES string of the molecule is CCCOc1cc(C)nc(NCC2(C(=O)O)CCCC2)n1. The lowest BCUT2D eigenvalue weighted by Gasteiger charge is -2.24. The molecule has 0 bridgehead atoms. The molecule has 1 aromatic heterocycles. The lowest BCUT2D eigenvalue weighted by molar-refractivity contribution is -0.147. The fourth-order valence-corrected chi connectivity index (χ4v) is 2.67. The molecule has 0 spiro atoms. The van der Waals surface area contributed by atoms with Crippen LogP contribution in [0, 0.1) is 12.3 Å². The van der Waals surface area contributed by atoms with E-state index in [1.165, 1.54) is 0 Å². The van der Waals surface area contributed by atoms with Gasteiger partial charge in [0, 0.05) is 18.3 Å². The molecule has 2 rings (SSSR count). The van der Waals surface area contributed by atoms with Gasteiger partial charge in [-0.15, -0.1) is 0 Å². The Balaban J connectivity index is 2.05. The number of rotatable bonds is 7. The first kappa shape index (κ1) is 15.5. The van der Waals surface area contributed by atoms with Gasteiger partial charge in [0.2, 0.25) is 11.8 Å². The number of aromatic nitrogens is 2. The van der Waals surface area contributed by atoms with Gasteiger partial charge in [0.15, 0.2) is 0 Å². The quantitative estimate of drug-likeness (QED) is 0.804. The highest BCUT2D eigenvalue weighted by molar-refractivity contribution is 5.75. The minimum Gasteiger partial charge on any atom is -0.481 e. The van der Waals surface area contributed by atoms with E-state index < -0.39 is 11.4 Å². The Hall–Kier alpha value is -1.85. The number of aryl methyl sites for hydroxylation is 1. The third-order valence-electron chi connectivity index (χ3n) is 3.88. The van der Waals surface area contributed by atoms with Gasteiger partial charge in [-0.2, -0.15) is 4.98 Å². The van der Waals surface area contributed by atoms with Crippen LogP contribution in [-0.2, 0) is 4.79 Å². The number of anilines is 1. The predicted molar refractivity (Wildman–Crippen MR) is 79.6 cm³/mol. The van der Waals surface area contributed by atoms with E-state index in [4.69, 9.17) is 4.74 Å². The fraction of sp³-hybridized carbons (Fsp3) is 0.667. The summed E-state index contributed by atoms with van der Waals surface area (Å²) < 4.78 is 5.51. The van der Waals surface area contributed by atoms with Gasteiger partial charge in [0.1, 0.15) is 0 Å². The van der Waals surface area contributed by atoms with Gasteiger partial charge in [0.25, 0.3) is 0 Å². The molecule has 0 aliphatic heterocycles. The Bertz CT molecular complexity index is 499. The molecule has 1 aliphatic carbocycles. The van der Waals surface area contributed by atoms with Crippen LogP contribution < -0.4 is 10.1 Å². The molecule has 21 heavy (non-hydrogen) atoms. The van der Waals surface area contributed by atoms with Crippen LogP contribution in [0.15, 0.2) is 6.07 Å². The zero-order valence-corrected chi connectivity index (χ0v) is 12.7. The third kappa shape index (κ3) is 3.83. The molecule has 6 nitrogen and oxygen atoms in total. The number of carbonyl (C=O) groups is 1. The smallest absolute Gasteiger partial charge is 0.311 e. The molecule has 1 aromatic rings. The van der Waals surface area contributed by atoms with Crippen molar-refractivity contribution in [3.05, 3.63) is 11.8 Å². The number of carboxylic acid groups (broad SMARTS) is 1. The van der Waals surface area contributed by atoms with Crippen LogP contribution in [0.4, 0.5) is 5.95 Å². The van der Waals surface area contributed by atoms with Gasteiger partial charge in [-0.25, -0.2) is 4.98 Å². The Kier molecular flexibility index (Phi) is 4.98. The molecule has 116 valence electrons. The van der Waals surface area contributed by atoms with Gasteiger partial charge < -0.3 is 15.2 Å². The van der Waals surface area contributed by atoms with Crippen LogP contribution in [-0.4, -0.2) is 34.2 Å². The molecule has 1 aliphatic rings. The highest BCUT2D eigenvalue weighted by Gasteiger charge is 2.41. The van der Waals surface area contributed by atoms with Gasteiger partial charge in [0.05, 0.1) is 12.0 Å². The van der Waals surface area contributed by atoms with Crippen molar-refractivity contribution in [2.24, 2.45) is 5.41 Å². The maximum atomic E-state index is 11.5. The molecule has 0 atom stereocenters. The lowest BCUT2D eigenvalue weighted by atomic mass is 9.86. The maximum Gasteiger partial charge on any atom is 0.311 e. The molecule has 0 unspecified atom stereocenters. The number of nitrogens with zero attached hydrogens (tertiary/aromatic N) is 2. The third-order valence-corrected chi connectivity index (χ3v) is 3.88. The van der Waals surface area contributed by atoms with E-state index in [9.17, 15) is 9.90 Å². The van der Waals surface area contributed by atoms with Crippen molar-refractivity contribution in [3.63, 3.8) is 0 Å². The molecule has 6 heteroatoms. The Labute approximate surface area is 124 Å². The normalized spacial score (nSPS) is 16.7. The van der Waals surface area contributed by atoms with Crippen LogP contribution >= 0.6 is 0 Å². The second-order valence-corrected chi connectivity index (χ2v) is 5.67. The van der Waals surface area contributed by atoms with Crippen molar-refractivity contribution in [2.45, 2.75) is 46.0 Å². The molecule has 0 aromatic carbocycles. The number of hydrogen-bond acceptors (Lipinski definition) is 5. The van der Waals surface area contributed by atoms with Crippen molar-refractivity contribution in [3.8, 4) is 5.88 Å². The van der Waals surface area contributed by atoms with Gasteiger partial charge in [-0.3, -0.25) is 4.79 Å². The van der Waals surface area contributed by atoms with E-state index in [1.54, 1.807) is 6.07 Å². The summed E-state index contributed by atoms with van der Waals surface area (Å²) in [6.45, 7) is 4.87. The van der Waals surface area contributed by atoms with Crippen molar-refractivity contribution in [2.75, 3.05) is 18.5 Å². The summed E-state index contributed by atoms with van der Waals surface area (Å²) >= 11 is 0. The van der Waals surface area contributed by atoms with Gasteiger partial charge in [-0.05, 0) is 26.2 Å². The van der Waals surface area contributed by atoms with Crippen LogP contribution in [0.5, 0.6) is 5.88 Å². The van der Waals surface area contributed by atoms with Crippen LogP contribution in [0.3, 0.4) is 0 Å². The minimum absolute atomic E-state index is 0.360. The number of hydrogen-bond donors (Lipinski definition) is 2. The van der Waals surface area contributed by atoms with Crippen molar-refractivity contribution < 1.29 is 14.6 Å². The Morgan fingerprint density at radius 3 is 2.76 bits per heavy atom. The molecule has 0 saturated heterocycles. The van der Waals surface area contributed by atoms with Gasteiger partial charge in [-0.1, -0.05) is 19.8 Å². The number of aliphatic carboxylic acids is 1. The Morgan fingerprint density at radius 2 is 2.14 bits per heavy atom. The van der Waals surface area contributed by atoms with Crippen LogP contribution in [0.2, 0.25) is 0 Å². The average Bonchev–Trinajstić information content (AvgIpc) is 2.93. The molecule has 1 fully saturated rings. The van der Waals surface area contributed by atoms with Crippen LogP contribution in [0.1, 0.15) is 44.7 Å². The second kappa shape index (κ2) is 6.74. The van der Waals surface area contributed by atoms with E-state index in [1.807, 2.05) is 13.8 Å². The van der Waals surface area contributed by atoms with E-state index in [0.29, 0.717) is 37.8 Å².